The Morgan fingerprint density at radius 3 is 2.53 bits per heavy atom. The molecule has 4 rings (SSSR count). The number of halogens is 1. The van der Waals surface area contributed by atoms with Crippen LogP contribution in [0, 0.1) is 17.0 Å². The Morgan fingerprint density at radius 2 is 1.86 bits per heavy atom. The summed E-state index contributed by atoms with van der Waals surface area (Å²) in [5, 5.41) is 15.5. The molecule has 0 aromatic heterocycles. The first kappa shape index (κ1) is 25.5. The van der Waals surface area contributed by atoms with Gasteiger partial charge < -0.3 is 24.4 Å². The van der Waals surface area contributed by atoms with E-state index in [9.17, 15) is 10.1 Å². The van der Waals surface area contributed by atoms with E-state index in [1.54, 1.807) is 26.4 Å². The van der Waals surface area contributed by atoms with Crippen LogP contribution in [-0.4, -0.2) is 42.3 Å². The van der Waals surface area contributed by atoms with E-state index in [0.717, 1.165) is 28.8 Å². The lowest BCUT2D eigenvalue weighted by Crippen LogP contribution is -2.44. The maximum absolute atomic E-state index is 11.0. The molecule has 188 valence electrons. The van der Waals surface area contributed by atoms with Gasteiger partial charge in [-0.3, -0.25) is 10.1 Å². The minimum absolute atomic E-state index is 0.00564. The molecule has 0 aliphatic carbocycles. The number of fused-ring (bicyclic) bond motifs is 1. The second kappa shape index (κ2) is 11.0. The number of non-ortho nitro benzene ring substituents is 1. The number of thiocarbonyl (C=S) groups is 1. The van der Waals surface area contributed by atoms with Crippen LogP contribution in [0.2, 0.25) is 5.02 Å². The minimum atomic E-state index is -0.440. The smallest absolute Gasteiger partial charge is 0.269 e. The monoisotopic (exact) mass is 527 g/mol. The van der Waals surface area contributed by atoms with Crippen LogP contribution in [0.15, 0.2) is 54.6 Å². The summed E-state index contributed by atoms with van der Waals surface area (Å²) < 4.78 is 17.2. The second-order valence-corrected chi connectivity index (χ2v) is 9.06. The fourth-order valence-corrected chi connectivity index (χ4v) is 4.72. The topological polar surface area (TPSA) is 86.1 Å². The highest BCUT2D eigenvalue weighted by molar-refractivity contribution is 7.80. The van der Waals surface area contributed by atoms with Crippen LogP contribution >= 0.6 is 23.8 Å². The molecule has 36 heavy (non-hydrogen) atoms. The molecule has 1 aliphatic heterocycles. The Kier molecular flexibility index (Phi) is 7.81. The number of nitrogens with one attached hydrogen (secondary N) is 1. The summed E-state index contributed by atoms with van der Waals surface area (Å²) in [6.07, 6.45) is 0.750. The third kappa shape index (κ3) is 5.32. The molecule has 1 aliphatic rings. The minimum Gasteiger partial charge on any atom is -0.493 e. The predicted molar refractivity (Wildman–Crippen MR) is 144 cm³/mol. The van der Waals surface area contributed by atoms with Crippen molar-refractivity contribution in [3.05, 3.63) is 86.4 Å². The van der Waals surface area contributed by atoms with Gasteiger partial charge in [-0.05, 0) is 78.7 Å². The highest BCUT2D eigenvalue weighted by Crippen LogP contribution is 2.39. The van der Waals surface area contributed by atoms with E-state index in [4.69, 9.17) is 38.0 Å². The summed E-state index contributed by atoms with van der Waals surface area (Å²) in [4.78, 5) is 12.6. The fourth-order valence-electron chi connectivity index (χ4n) is 4.22. The average molecular weight is 528 g/mol. The van der Waals surface area contributed by atoms with Crippen molar-refractivity contribution in [2.75, 3.05) is 32.7 Å². The Labute approximate surface area is 219 Å². The van der Waals surface area contributed by atoms with Gasteiger partial charge in [-0.1, -0.05) is 17.7 Å². The van der Waals surface area contributed by atoms with Crippen LogP contribution in [-0.2, 0) is 6.42 Å². The van der Waals surface area contributed by atoms with Gasteiger partial charge in [-0.25, -0.2) is 0 Å². The summed E-state index contributed by atoms with van der Waals surface area (Å²) in [6, 6.07) is 15.4. The number of methoxy groups -OCH3 is 2. The van der Waals surface area contributed by atoms with Gasteiger partial charge in [0.15, 0.2) is 16.6 Å². The number of anilines is 1. The van der Waals surface area contributed by atoms with Crippen LogP contribution in [0.1, 0.15) is 22.7 Å². The first-order valence-electron chi connectivity index (χ1n) is 11.3. The SMILES string of the molecule is COc1cc2c(cc1OC)C(COc1ccc([N+](=O)[O-])cc1)N(C(=S)Nc1cccc(Cl)c1C)CC2. The maximum atomic E-state index is 11.0. The number of hydrogen-bond donors (Lipinski definition) is 1. The number of hydrogen-bond acceptors (Lipinski definition) is 6. The predicted octanol–water partition coefficient (Wildman–Crippen LogP) is 5.95. The number of nitrogens with zero attached hydrogens (tertiary/aromatic N) is 2. The van der Waals surface area contributed by atoms with E-state index in [0.29, 0.717) is 33.9 Å². The Hall–Kier alpha value is -3.56. The number of ether oxygens (including phenoxy) is 3. The van der Waals surface area contributed by atoms with Crippen molar-refractivity contribution in [2.24, 2.45) is 0 Å². The molecule has 0 radical (unpaired) electrons. The molecular weight excluding hydrogens is 502 g/mol. The molecule has 1 N–H and O–H groups in total. The Morgan fingerprint density at radius 1 is 1.17 bits per heavy atom. The zero-order valence-corrected chi connectivity index (χ0v) is 21.7. The van der Waals surface area contributed by atoms with Crippen LogP contribution in [0.5, 0.6) is 17.2 Å². The summed E-state index contributed by atoms with van der Waals surface area (Å²) in [6.45, 7) is 2.85. The van der Waals surface area contributed by atoms with E-state index in [1.807, 2.05) is 37.3 Å². The lowest BCUT2D eigenvalue weighted by Gasteiger charge is -2.39. The molecule has 3 aromatic carbocycles. The summed E-state index contributed by atoms with van der Waals surface area (Å²) >= 11 is 12.1. The number of benzene rings is 3. The van der Waals surface area contributed by atoms with Crippen molar-refractivity contribution in [2.45, 2.75) is 19.4 Å². The number of nitro benzene ring substituents is 1. The molecule has 0 spiro atoms. The van der Waals surface area contributed by atoms with Gasteiger partial charge in [0.2, 0.25) is 0 Å². The summed E-state index contributed by atoms with van der Waals surface area (Å²) in [5.41, 5.74) is 3.87. The molecule has 0 saturated carbocycles. The zero-order chi connectivity index (χ0) is 25.8. The number of nitro groups is 1. The van der Waals surface area contributed by atoms with E-state index in [2.05, 4.69) is 10.2 Å². The third-order valence-corrected chi connectivity index (χ3v) is 6.97. The van der Waals surface area contributed by atoms with Gasteiger partial charge in [0.25, 0.3) is 5.69 Å². The quantitative estimate of drug-likeness (QED) is 0.229. The van der Waals surface area contributed by atoms with E-state index >= 15 is 0 Å². The van der Waals surface area contributed by atoms with E-state index in [-0.39, 0.29) is 18.3 Å². The van der Waals surface area contributed by atoms with Gasteiger partial charge >= 0.3 is 0 Å². The molecule has 10 heteroatoms. The third-order valence-electron chi connectivity index (χ3n) is 6.23. The highest BCUT2D eigenvalue weighted by atomic mass is 35.5. The standard InChI is InChI=1S/C26H26ClN3O5S/c1-16-21(27)5-4-6-22(16)28-26(36)29-12-11-17-13-24(33-2)25(34-3)14-20(17)23(29)15-35-19-9-7-18(8-10-19)30(31)32/h4-10,13-14,23H,11-12,15H2,1-3H3,(H,28,36). The molecule has 1 heterocycles. The van der Waals surface area contributed by atoms with Crippen molar-refractivity contribution in [1.29, 1.82) is 0 Å². The van der Waals surface area contributed by atoms with Crippen LogP contribution in [0.4, 0.5) is 11.4 Å². The molecule has 8 nitrogen and oxygen atoms in total. The summed E-state index contributed by atoms with van der Waals surface area (Å²) in [5.74, 6) is 1.80. The van der Waals surface area contributed by atoms with Crippen LogP contribution < -0.4 is 19.5 Å². The number of rotatable bonds is 7. The van der Waals surface area contributed by atoms with Gasteiger partial charge in [-0.15, -0.1) is 0 Å². The van der Waals surface area contributed by atoms with Crippen molar-refractivity contribution >= 4 is 40.3 Å². The molecular formula is C26H26ClN3O5S. The van der Waals surface area contributed by atoms with Crippen molar-refractivity contribution in [1.82, 2.24) is 4.90 Å². The molecule has 1 atom stereocenters. The van der Waals surface area contributed by atoms with Gasteiger partial charge in [0.05, 0.1) is 25.2 Å². The van der Waals surface area contributed by atoms with Crippen LogP contribution in [0.25, 0.3) is 0 Å². The first-order valence-corrected chi connectivity index (χ1v) is 12.1. The zero-order valence-electron chi connectivity index (χ0n) is 20.1. The highest BCUT2D eigenvalue weighted by Gasteiger charge is 2.31. The molecule has 0 bridgehead atoms. The second-order valence-electron chi connectivity index (χ2n) is 8.27. The lowest BCUT2D eigenvalue weighted by atomic mass is 9.92. The van der Waals surface area contributed by atoms with Crippen molar-refractivity contribution < 1.29 is 19.1 Å². The normalized spacial score (nSPS) is 14.6. The van der Waals surface area contributed by atoms with E-state index < -0.39 is 4.92 Å². The van der Waals surface area contributed by atoms with E-state index in [1.165, 1.54) is 12.1 Å². The maximum Gasteiger partial charge on any atom is 0.269 e. The Bertz CT molecular complexity index is 1290. The van der Waals surface area contributed by atoms with Gasteiger partial charge in [0, 0.05) is 29.4 Å². The molecule has 1 unspecified atom stereocenters. The van der Waals surface area contributed by atoms with Crippen molar-refractivity contribution in [3.63, 3.8) is 0 Å². The fraction of sp³-hybridized carbons (Fsp3) is 0.269. The molecule has 0 saturated heterocycles. The summed E-state index contributed by atoms with van der Waals surface area (Å²) in [7, 11) is 3.21. The largest absolute Gasteiger partial charge is 0.493 e. The average Bonchev–Trinajstić information content (AvgIpc) is 2.89. The molecule has 0 amide bonds. The van der Waals surface area contributed by atoms with Gasteiger partial charge in [-0.2, -0.15) is 0 Å². The van der Waals surface area contributed by atoms with Gasteiger partial charge in [0.1, 0.15) is 12.4 Å². The molecule has 0 fully saturated rings. The lowest BCUT2D eigenvalue weighted by molar-refractivity contribution is -0.384. The van der Waals surface area contributed by atoms with Crippen LogP contribution in [0.3, 0.4) is 0 Å². The van der Waals surface area contributed by atoms with Crippen molar-refractivity contribution in [3.8, 4) is 17.2 Å². The Balaban J connectivity index is 1.65. The first-order chi connectivity index (χ1) is 17.3. The molecule has 3 aromatic rings.